The number of hydrogen-bond donors (Lipinski definition) is 2. The van der Waals surface area contributed by atoms with Gasteiger partial charge in [-0.05, 0) is 36.5 Å². The second kappa shape index (κ2) is 6.43. The monoisotopic (exact) mass is 307 g/mol. The van der Waals surface area contributed by atoms with Gasteiger partial charge in [-0.25, -0.2) is 4.79 Å². The molecule has 114 valence electrons. The number of thiophene rings is 1. The Labute approximate surface area is 128 Å². The zero-order chi connectivity index (χ0) is 15.5. The van der Waals surface area contributed by atoms with E-state index in [4.69, 9.17) is 5.11 Å². The van der Waals surface area contributed by atoms with Crippen molar-refractivity contribution in [3.63, 3.8) is 0 Å². The molecule has 1 saturated carbocycles. The molecule has 1 heterocycles. The molecular formula is C16H21NO3S. The van der Waals surface area contributed by atoms with Gasteiger partial charge in [-0.2, -0.15) is 0 Å². The minimum atomic E-state index is -0.988. The zero-order valence-electron chi connectivity index (χ0n) is 12.4. The van der Waals surface area contributed by atoms with Crippen LogP contribution in [0.2, 0.25) is 0 Å². The summed E-state index contributed by atoms with van der Waals surface area (Å²) in [5.41, 5.74) is 0.136. The Balaban J connectivity index is 2.02. The molecule has 21 heavy (non-hydrogen) atoms. The Morgan fingerprint density at radius 3 is 2.81 bits per heavy atom. The van der Waals surface area contributed by atoms with Gasteiger partial charge in [0.1, 0.15) is 0 Å². The van der Waals surface area contributed by atoms with Crippen molar-refractivity contribution in [1.82, 2.24) is 5.32 Å². The molecule has 0 aliphatic heterocycles. The van der Waals surface area contributed by atoms with Gasteiger partial charge in [0.25, 0.3) is 5.91 Å². The predicted molar refractivity (Wildman–Crippen MR) is 84.5 cm³/mol. The van der Waals surface area contributed by atoms with Gasteiger partial charge in [-0.1, -0.05) is 26.7 Å². The molecule has 2 rings (SSSR count). The molecule has 1 aliphatic rings. The van der Waals surface area contributed by atoms with Crippen molar-refractivity contribution in [3.8, 4) is 0 Å². The van der Waals surface area contributed by atoms with Crippen LogP contribution in [0.5, 0.6) is 0 Å². The lowest BCUT2D eigenvalue weighted by Gasteiger charge is -2.38. The third kappa shape index (κ3) is 4.17. The van der Waals surface area contributed by atoms with Crippen LogP contribution in [-0.2, 0) is 4.79 Å². The highest BCUT2D eigenvalue weighted by Gasteiger charge is 2.33. The standard InChI is InChI=1S/C16H21NO3S/c1-16(2)10-4-3-5-13(16)17-15(20)12-8-6-11(21-12)7-9-14(18)19/h6-9,13H,3-5,10H2,1-2H3,(H,17,20)(H,18,19). The third-order valence-corrected chi connectivity index (χ3v) is 5.10. The number of nitrogens with one attached hydrogen (secondary N) is 1. The topological polar surface area (TPSA) is 66.4 Å². The minimum absolute atomic E-state index is 0.0602. The van der Waals surface area contributed by atoms with Crippen molar-refractivity contribution in [3.05, 3.63) is 28.0 Å². The largest absolute Gasteiger partial charge is 0.478 e. The van der Waals surface area contributed by atoms with E-state index in [1.807, 2.05) is 0 Å². The normalized spacial score (nSPS) is 21.3. The van der Waals surface area contributed by atoms with Crippen molar-refractivity contribution in [2.45, 2.75) is 45.6 Å². The minimum Gasteiger partial charge on any atom is -0.478 e. The van der Waals surface area contributed by atoms with E-state index in [9.17, 15) is 9.59 Å². The lowest BCUT2D eigenvalue weighted by molar-refractivity contribution is -0.131. The number of carbonyl (C=O) groups is 2. The summed E-state index contributed by atoms with van der Waals surface area (Å²) in [4.78, 5) is 24.2. The lowest BCUT2D eigenvalue weighted by Crippen LogP contribution is -2.46. The fraction of sp³-hybridized carbons (Fsp3) is 0.500. The Morgan fingerprint density at radius 1 is 1.38 bits per heavy atom. The first-order chi connectivity index (χ1) is 9.88. The van der Waals surface area contributed by atoms with Gasteiger partial charge >= 0.3 is 5.97 Å². The Morgan fingerprint density at radius 2 is 2.14 bits per heavy atom. The van der Waals surface area contributed by atoms with Crippen LogP contribution in [0.3, 0.4) is 0 Å². The molecule has 0 aromatic carbocycles. The van der Waals surface area contributed by atoms with E-state index in [1.54, 1.807) is 12.1 Å². The predicted octanol–water partition coefficient (Wildman–Crippen LogP) is 3.54. The van der Waals surface area contributed by atoms with Gasteiger partial charge < -0.3 is 10.4 Å². The number of carbonyl (C=O) groups excluding carboxylic acids is 1. The Bertz CT molecular complexity index is 560. The Kier molecular flexibility index (Phi) is 4.83. The quantitative estimate of drug-likeness (QED) is 0.836. The van der Waals surface area contributed by atoms with Crippen LogP contribution >= 0.6 is 11.3 Å². The van der Waals surface area contributed by atoms with Crippen molar-refractivity contribution in [1.29, 1.82) is 0 Å². The second-order valence-corrected chi connectivity index (χ2v) is 7.25. The summed E-state index contributed by atoms with van der Waals surface area (Å²) in [5.74, 6) is -1.05. The van der Waals surface area contributed by atoms with Gasteiger partial charge in [0.15, 0.2) is 0 Å². The van der Waals surface area contributed by atoms with E-state index in [2.05, 4.69) is 19.2 Å². The second-order valence-electron chi connectivity index (χ2n) is 6.13. The summed E-state index contributed by atoms with van der Waals surface area (Å²) < 4.78 is 0. The number of hydrogen-bond acceptors (Lipinski definition) is 3. The van der Waals surface area contributed by atoms with E-state index in [1.165, 1.54) is 23.8 Å². The van der Waals surface area contributed by atoms with Crippen molar-refractivity contribution in [2.24, 2.45) is 5.41 Å². The van der Waals surface area contributed by atoms with E-state index in [0.29, 0.717) is 4.88 Å². The van der Waals surface area contributed by atoms with E-state index < -0.39 is 5.97 Å². The first kappa shape index (κ1) is 15.8. The summed E-state index contributed by atoms with van der Waals surface area (Å²) in [6, 6.07) is 3.72. The molecule has 0 saturated heterocycles. The molecule has 1 aromatic rings. The maximum absolute atomic E-state index is 12.3. The highest BCUT2D eigenvalue weighted by molar-refractivity contribution is 7.14. The van der Waals surface area contributed by atoms with Crippen LogP contribution in [0.15, 0.2) is 18.2 Å². The van der Waals surface area contributed by atoms with Crippen LogP contribution < -0.4 is 5.32 Å². The van der Waals surface area contributed by atoms with Crippen LogP contribution in [0, 0.1) is 5.41 Å². The average Bonchev–Trinajstić information content (AvgIpc) is 2.87. The number of amides is 1. The molecule has 0 spiro atoms. The fourth-order valence-electron chi connectivity index (χ4n) is 2.71. The molecule has 0 radical (unpaired) electrons. The average molecular weight is 307 g/mol. The number of rotatable bonds is 4. The summed E-state index contributed by atoms with van der Waals surface area (Å²) in [7, 11) is 0. The zero-order valence-corrected chi connectivity index (χ0v) is 13.2. The van der Waals surface area contributed by atoms with E-state index in [-0.39, 0.29) is 17.4 Å². The number of carboxylic acids is 1. The summed E-state index contributed by atoms with van der Waals surface area (Å²) >= 11 is 1.31. The molecule has 2 N–H and O–H groups in total. The SMILES string of the molecule is CC1(C)CCCCC1NC(=O)c1ccc(C=CC(=O)O)s1. The van der Waals surface area contributed by atoms with Gasteiger partial charge in [-0.15, -0.1) is 11.3 Å². The Hall–Kier alpha value is -1.62. The summed E-state index contributed by atoms with van der Waals surface area (Å²) in [6.07, 6.45) is 7.13. The molecule has 1 unspecified atom stereocenters. The number of carboxylic acid groups (broad SMARTS) is 1. The van der Waals surface area contributed by atoms with Gasteiger partial charge in [0, 0.05) is 17.0 Å². The third-order valence-electron chi connectivity index (χ3n) is 4.05. The lowest BCUT2D eigenvalue weighted by atomic mass is 9.73. The van der Waals surface area contributed by atoms with Crippen LogP contribution in [0.25, 0.3) is 6.08 Å². The van der Waals surface area contributed by atoms with Crippen LogP contribution in [0.4, 0.5) is 0 Å². The molecule has 0 bridgehead atoms. The molecular weight excluding hydrogens is 286 g/mol. The summed E-state index contributed by atoms with van der Waals surface area (Å²) in [6.45, 7) is 4.40. The molecule has 1 amide bonds. The van der Waals surface area contributed by atoms with Gasteiger partial charge in [0.2, 0.25) is 0 Å². The molecule has 1 atom stereocenters. The van der Waals surface area contributed by atoms with E-state index in [0.717, 1.165) is 30.2 Å². The maximum Gasteiger partial charge on any atom is 0.328 e. The molecule has 5 heteroatoms. The van der Waals surface area contributed by atoms with Crippen molar-refractivity contribution < 1.29 is 14.7 Å². The number of aliphatic carboxylic acids is 1. The molecule has 4 nitrogen and oxygen atoms in total. The van der Waals surface area contributed by atoms with Crippen molar-refractivity contribution in [2.75, 3.05) is 0 Å². The summed E-state index contributed by atoms with van der Waals surface area (Å²) in [5, 5.41) is 11.7. The highest BCUT2D eigenvalue weighted by atomic mass is 32.1. The van der Waals surface area contributed by atoms with Crippen LogP contribution in [-0.4, -0.2) is 23.0 Å². The fourth-order valence-corrected chi connectivity index (χ4v) is 3.52. The molecule has 1 aromatic heterocycles. The smallest absolute Gasteiger partial charge is 0.328 e. The van der Waals surface area contributed by atoms with E-state index >= 15 is 0 Å². The van der Waals surface area contributed by atoms with Crippen LogP contribution in [0.1, 0.15) is 54.1 Å². The van der Waals surface area contributed by atoms with Gasteiger partial charge in [0.05, 0.1) is 4.88 Å². The highest BCUT2D eigenvalue weighted by Crippen LogP contribution is 2.35. The first-order valence-electron chi connectivity index (χ1n) is 7.20. The van der Waals surface area contributed by atoms with Gasteiger partial charge in [-0.3, -0.25) is 4.79 Å². The molecule has 1 aliphatic carbocycles. The first-order valence-corrected chi connectivity index (χ1v) is 8.02. The van der Waals surface area contributed by atoms with Crippen molar-refractivity contribution >= 4 is 29.3 Å². The molecule has 1 fully saturated rings. The maximum atomic E-state index is 12.3.